The van der Waals surface area contributed by atoms with Crippen LogP contribution in [0.4, 0.5) is 5.95 Å². The average Bonchev–Trinajstić information content (AvgIpc) is 2.30. The van der Waals surface area contributed by atoms with Crippen molar-refractivity contribution in [1.29, 1.82) is 0 Å². The molecule has 1 aromatic heterocycles. The lowest BCUT2D eigenvalue weighted by molar-refractivity contribution is -0.119. The Morgan fingerprint density at radius 1 is 1.47 bits per heavy atom. The predicted molar refractivity (Wildman–Crippen MR) is 61.5 cm³/mol. The molecule has 0 spiro atoms. The molecule has 0 aromatic carbocycles. The van der Waals surface area contributed by atoms with Crippen molar-refractivity contribution in [1.82, 2.24) is 20.3 Å². The first kappa shape index (κ1) is 12.9. The van der Waals surface area contributed by atoms with Crippen molar-refractivity contribution in [3.05, 3.63) is 17.1 Å². The highest BCUT2D eigenvalue weighted by Crippen LogP contribution is 2.00. The molecule has 0 saturated carbocycles. The molecule has 0 saturated heterocycles. The molecule has 8 heteroatoms. The van der Waals surface area contributed by atoms with Crippen molar-refractivity contribution in [2.45, 2.75) is 6.42 Å². The van der Waals surface area contributed by atoms with Crippen LogP contribution in [-0.2, 0) is 11.2 Å². The van der Waals surface area contributed by atoms with Gasteiger partial charge in [0.2, 0.25) is 11.9 Å². The summed E-state index contributed by atoms with van der Waals surface area (Å²) >= 11 is 0. The first-order valence-electron chi connectivity index (χ1n) is 5.04. The molecule has 1 heterocycles. The quantitative estimate of drug-likeness (QED) is 0.662. The zero-order valence-corrected chi connectivity index (χ0v) is 9.75. The fourth-order valence-electron chi connectivity index (χ4n) is 1.08. The summed E-state index contributed by atoms with van der Waals surface area (Å²) < 4.78 is 0. The monoisotopic (exact) mass is 238 g/mol. The number of amides is 1. The van der Waals surface area contributed by atoms with E-state index >= 15 is 0 Å². The summed E-state index contributed by atoms with van der Waals surface area (Å²) in [5, 5.41) is 5.02. The molecular formula is C9H14N6O2. The van der Waals surface area contributed by atoms with Gasteiger partial charge in [0, 0.05) is 27.1 Å². The molecule has 0 aliphatic carbocycles. The number of nitrogens with zero attached hydrogens (tertiary/aromatic N) is 5. The maximum atomic E-state index is 10.9. The number of anilines is 1. The zero-order valence-electron chi connectivity index (χ0n) is 9.75. The van der Waals surface area contributed by atoms with Gasteiger partial charge in [0.15, 0.2) is 6.54 Å². The second-order valence-corrected chi connectivity index (χ2v) is 3.48. The molecule has 1 rings (SSSR count). The van der Waals surface area contributed by atoms with E-state index in [-0.39, 0.29) is 6.54 Å². The lowest BCUT2D eigenvalue weighted by Crippen LogP contribution is -2.28. The van der Waals surface area contributed by atoms with E-state index in [4.69, 9.17) is 0 Å². The maximum Gasteiger partial charge on any atom is 0.245 e. The van der Waals surface area contributed by atoms with Gasteiger partial charge in [-0.05, 0) is 0 Å². The summed E-state index contributed by atoms with van der Waals surface area (Å²) in [6.07, 6.45) is 1.90. The Bertz CT molecular complexity index is 395. The molecular weight excluding hydrogens is 224 g/mol. The van der Waals surface area contributed by atoms with Gasteiger partial charge in [-0.25, -0.2) is 9.97 Å². The third kappa shape index (κ3) is 4.49. The molecule has 1 N–H and O–H groups in total. The van der Waals surface area contributed by atoms with Crippen molar-refractivity contribution in [3.8, 4) is 0 Å². The zero-order chi connectivity index (χ0) is 12.7. The lowest BCUT2D eigenvalue weighted by atomic mass is 10.4. The number of nitroso groups, excluding NO2 is 1. The van der Waals surface area contributed by atoms with Crippen LogP contribution in [0.25, 0.3) is 0 Å². The molecule has 0 unspecified atom stereocenters. The maximum absolute atomic E-state index is 10.9. The minimum Gasteiger partial charge on any atom is -0.354 e. The van der Waals surface area contributed by atoms with Crippen LogP contribution in [0.15, 0.2) is 11.5 Å². The van der Waals surface area contributed by atoms with E-state index in [0.29, 0.717) is 24.7 Å². The number of hydrogen-bond donors (Lipinski definition) is 1. The van der Waals surface area contributed by atoms with Crippen molar-refractivity contribution in [2.24, 2.45) is 5.18 Å². The Balaban J connectivity index is 2.44. The normalized spacial score (nSPS) is 9.76. The van der Waals surface area contributed by atoms with Crippen LogP contribution >= 0.6 is 0 Å². The smallest absolute Gasteiger partial charge is 0.245 e. The molecule has 8 nitrogen and oxygen atoms in total. The highest BCUT2D eigenvalue weighted by Gasteiger charge is 2.04. The van der Waals surface area contributed by atoms with Crippen LogP contribution in [0, 0.1) is 4.91 Å². The minimum absolute atomic E-state index is 0.361. The van der Waals surface area contributed by atoms with Gasteiger partial charge in [-0.2, -0.15) is 9.89 Å². The van der Waals surface area contributed by atoms with E-state index in [1.165, 1.54) is 6.33 Å². The van der Waals surface area contributed by atoms with Crippen LogP contribution in [0.3, 0.4) is 0 Å². The van der Waals surface area contributed by atoms with Crippen molar-refractivity contribution >= 4 is 11.9 Å². The summed E-state index contributed by atoms with van der Waals surface area (Å²) in [6, 6.07) is 0. The van der Waals surface area contributed by atoms with Crippen LogP contribution in [0.5, 0.6) is 0 Å². The fraction of sp³-hybridized carbons (Fsp3) is 0.556. The standard InChI is InChI=1S/C9H14N6O2/c1-15(2)9-12-6-11-7(14-9)3-4-10-8(16)5-13-17/h6H,3-5H2,1-2H3,(H,10,16). The van der Waals surface area contributed by atoms with E-state index in [0.717, 1.165) is 0 Å². The third-order valence-electron chi connectivity index (χ3n) is 1.89. The van der Waals surface area contributed by atoms with Crippen molar-refractivity contribution in [2.75, 3.05) is 32.1 Å². The van der Waals surface area contributed by atoms with E-state index in [2.05, 4.69) is 25.4 Å². The molecule has 1 aromatic rings. The predicted octanol–water partition coefficient (Wildman–Crippen LogP) is -0.637. The topological polar surface area (TPSA) is 100 Å². The van der Waals surface area contributed by atoms with E-state index in [1.54, 1.807) is 4.90 Å². The lowest BCUT2D eigenvalue weighted by Gasteiger charge is -2.09. The number of carbonyl (C=O) groups excluding carboxylic acids is 1. The van der Waals surface area contributed by atoms with E-state index in [9.17, 15) is 9.70 Å². The first-order chi connectivity index (χ1) is 8.13. The highest BCUT2D eigenvalue weighted by atomic mass is 16.3. The van der Waals surface area contributed by atoms with Crippen molar-refractivity contribution < 1.29 is 4.79 Å². The van der Waals surface area contributed by atoms with Gasteiger partial charge < -0.3 is 10.2 Å². The summed E-state index contributed by atoms with van der Waals surface area (Å²) in [4.78, 5) is 34.7. The van der Waals surface area contributed by atoms with Crippen LogP contribution in [0.2, 0.25) is 0 Å². The SMILES string of the molecule is CN(C)c1ncnc(CCNC(=O)CN=O)n1. The first-order valence-corrected chi connectivity index (χ1v) is 5.04. The van der Waals surface area contributed by atoms with Gasteiger partial charge in [0.1, 0.15) is 12.2 Å². The molecule has 0 atom stereocenters. The number of rotatable bonds is 6. The Hall–Kier alpha value is -2.12. The van der Waals surface area contributed by atoms with Gasteiger partial charge in [-0.15, -0.1) is 0 Å². The Morgan fingerprint density at radius 3 is 2.88 bits per heavy atom. The van der Waals surface area contributed by atoms with Crippen LogP contribution < -0.4 is 10.2 Å². The van der Waals surface area contributed by atoms with Gasteiger partial charge in [0.05, 0.1) is 0 Å². The van der Waals surface area contributed by atoms with E-state index in [1.807, 2.05) is 14.1 Å². The third-order valence-corrected chi connectivity index (χ3v) is 1.89. The average molecular weight is 238 g/mol. The summed E-state index contributed by atoms with van der Waals surface area (Å²) in [7, 11) is 3.66. The Morgan fingerprint density at radius 2 is 2.24 bits per heavy atom. The Labute approximate surface area is 98.4 Å². The van der Waals surface area contributed by atoms with Crippen molar-refractivity contribution in [3.63, 3.8) is 0 Å². The molecule has 0 fully saturated rings. The van der Waals surface area contributed by atoms with Gasteiger partial charge in [-0.3, -0.25) is 4.79 Å². The van der Waals surface area contributed by atoms with Gasteiger partial charge >= 0.3 is 0 Å². The number of aromatic nitrogens is 3. The number of hydrogen-bond acceptors (Lipinski definition) is 7. The van der Waals surface area contributed by atoms with Crippen LogP contribution in [0.1, 0.15) is 5.82 Å². The van der Waals surface area contributed by atoms with Crippen LogP contribution in [-0.4, -0.2) is 48.0 Å². The minimum atomic E-state index is -0.401. The molecule has 0 radical (unpaired) electrons. The largest absolute Gasteiger partial charge is 0.354 e. The molecule has 0 aliphatic rings. The summed E-state index contributed by atoms with van der Waals surface area (Å²) in [5.74, 6) is 0.751. The fourth-order valence-corrected chi connectivity index (χ4v) is 1.08. The van der Waals surface area contributed by atoms with Gasteiger partial charge in [0.25, 0.3) is 0 Å². The summed E-state index contributed by atoms with van der Waals surface area (Å²) in [6.45, 7) is 0.00534. The summed E-state index contributed by atoms with van der Waals surface area (Å²) in [5.41, 5.74) is 0. The van der Waals surface area contributed by atoms with E-state index < -0.39 is 5.91 Å². The highest BCUT2D eigenvalue weighted by molar-refractivity contribution is 5.78. The molecule has 92 valence electrons. The molecule has 0 bridgehead atoms. The molecule has 1 amide bonds. The number of carbonyl (C=O) groups is 1. The Kier molecular flexibility index (Phi) is 4.92. The number of nitrogens with one attached hydrogen (secondary N) is 1. The molecule has 0 aliphatic heterocycles. The van der Waals surface area contributed by atoms with Gasteiger partial charge in [-0.1, -0.05) is 5.18 Å². The molecule has 17 heavy (non-hydrogen) atoms. The second kappa shape index (κ2) is 6.46. The second-order valence-electron chi connectivity index (χ2n) is 3.48.